The first-order chi connectivity index (χ1) is 10.6. The van der Waals surface area contributed by atoms with Crippen molar-refractivity contribution in [3.63, 3.8) is 0 Å². The third-order valence-electron chi connectivity index (χ3n) is 2.89. The van der Waals surface area contributed by atoms with Gasteiger partial charge in [-0.25, -0.2) is 0 Å². The van der Waals surface area contributed by atoms with Crippen LogP contribution in [0.5, 0.6) is 0 Å². The fraction of sp³-hybridized carbons (Fsp3) is 0.188. The van der Waals surface area contributed by atoms with Crippen molar-refractivity contribution in [3.8, 4) is 0 Å². The normalized spacial score (nSPS) is 10.1. The molecule has 0 unspecified atom stereocenters. The number of hydrogen-bond acceptors (Lipinski definition) is 3. The second-order valence-corrected chi connectivity index (χ2v) is 5.08. The molecule has 22 heavy (non-hydrogen) atoms. The Balaban J connectivity index is 2.09. The maximum atomic E-state index is 12.1. The van der Waals surface area contributed by atoms with E-state index in [1.54, 1.807) is 30.3 Å². The fourth-order valence-corrected chi connectivity index (χ4v) is 1.89. The van der Waals surface area contributed by atoms with E-state index in [2.05, 4.69) is 15.6 Å². The van der Waals surface area contributed by atoms with Crippen LogP contribution in [0.4, 0.5) is 5.69 Å². The molecule has 2 amide bonds. The van der Waals surface area contributed by atoms with E-state index in [9.17, 15) is 9.59 Å². The molecule has 0 atom stereocenters. The second kappa shape index (κ2) is 7.56. The number of carbonyl (C=O) groups is 2. The lowest BCUT2D eigenvalue weighted by Gasteiger charge is -2.07. The Kier molecular flexibility index (Phi) is 5.49. The zero-order valence-corrected chi connectivity index (χ0v) is 12.9. The number of nitrogens with one attached hydrogen (secondary N) is 2. The largest absolute Gasteiger partial charge is 0.352 e. The molecular weight excluding hydrogens is 302 g/mol. The molecule has 0 fully saturated rings. The highest BCUT2D eigenvalue weighted by atomic mass is 35.5. The van der Waals surface area contributed by atoms with Gasteiger partial charge in [0.1, 0.15) is 5.69 Å². The van der Waals surface area contributed by atoms with E-state index in [1.165, 1.54) is 12.3 Å². The van der Waals surface area contributed by atoms with Gasteiger partial charge in [0.15, 0.2) is 0 Å². The Morgan fingerprint density at radius 2 is 1.86 bits per heavy atom. The van der Waals surface area contributed by atoms with Crippen LogP contribution in [0.3, 0.4) is 0 Å². The molecule has 0 aliphatic rings. The van der Waals surface area contributed by atoms with Crippen molar-refractivity contribution in [3.05, 3.63) is 58.9 Å². The Hall–Kier alpha value is -2.40. The predicted molar refractivity (Wildman–Crippen MR) is 86.3 cm³/mol. The quantitative estimate of drug-likeness (QED) is 0.890. The van der Waals surface area contributed by atoms with E-state index >= 15 is 0 Å². The number of pyridine rings is 1. The zero-order chi connectivity index (χ0) is 15.9. The number of rotatable bonds is 5. The van der Waals surface area contributed by atoms with Crippen LogP contribution in [0, 0.1) is 0 Å². The van der Waals surface area contributed by atoms with Gasteiger partial charge in [-0.3, -0.25) is 14.6 Å². The highest BCUT2D eigenvalue weighted by molar-refractivity contribution is 6.30. The molecule has 114 valence electrons. The smallest absolute Gasteiger partial charge is 0.274 e. The predicted octanol–water partition coefficient (Wildman–Crippen LogP) is 3.13. The number of carbonyl (C=O) groups excluding carboxylic acids is 2. The van der Waals surface area contributed by atoms with Crippen LogP contribution in [-0.4, -0.2) is 23.3 Å². The van der Waals surface area contributed by atoms with Crippen LogP contribution in [0.25, 0.3) is 0 Å². The molecule has 5 nitrogen and oxygen atoms in total. The van der Waals surface area contributed by atoms with E-state index in [4.69, 9.17) is 11.6 Å². The molecule has 1 aromatic heterocycles. The first kappa shape index (κ1) is 16.0. The molecule has 1 heterocycles. The Morgan fingerprint density at radius 3 is 2.55 bits per heavy atom. The third-order valence-corrected chi connectivity index (χ3v) is 3.14. The number of nitrogens with zero attached hydrogens (tertiary/aromatic N) is 1. The third kappa shape index (κ3) is 4.30. The van der Waals surface area contributed by atoms with Gasteiger partial charge >= 0.3 is 0 Å². The van der Waals surface area contributed by atoms with Crippen LogP contribution in [-0.2, 0) is 0 Å². The number of hydrogen-bond donors (Lipinski definition) is 2. The molecule has 0 spiro atoms. The number of halogens is 1. The molecule has 2 N–H and O–H groups in total. The van der Waals surface area contributed by atoms with Crippen molar-refractivity contribution in [2.45, 2.75) is 13.3 Å². The molecule has 2 aromatic rings. The second-order valence-electron chi connectivity index (χ2n) is 4.65. The Bertz CT molecular complexity index is 671. The molecule has 0 saturated carbocycles. The van der Waals surface area contributed by atoms with Gasteiger partial charge in [-0.15, -0.1) is 0 Å². The highest BCUT2D eigenvalue weighted by Gasteiger charge is 2.11. The molecule has 0 saturated heterocycles. The summed E-state index contributed by atoms with van der Waals surface area (Å²) in [6, 6.07) is 9.79. The standard InChI is InChI=1S/C16H16ClN3O2/c1-2-8-19-15(21)11-7-9-18-14(10-11)16(22)20-13-5-3-12(17)4-6-13/h3-7,9-10H,2,8H2,1H3,(H,19,21)(H,20,22). The fourth-order valence-electron chi connectivity index (χ4n) is 1.76. The molecular formula is C16H16ClN3O2. The van der Waals surface area contributed by atoms with Crippen molar-refractivity contribution < 1.29 is 9.59 Å². The highest BCUT2D eigenvalue weighted by Crippen LogP contribution is 2.14. The summed E-state index contributed by atoms with van der Waals surface area (Å²) in [4.78, 5) is 28.0. The van der Waals surface area contributed by atoms with Gasteiger partial charge in [0, 0.05) is 29.0 Å². The van der Waals surface area contributed by atoms with Crippen LogP contribution in [0.15, 0.2) is 42.6 Å². The minimum atomic E-state index is -0.382. The Labute approximate surface area is 133 Å². The molecule has 0 aliphatic heterocycles. The van der Waals surface area contributed by atoms with Crippen molar-refractivity contribution in [2.24, 2.45) is 0 Å². The van der Waals surface area contributed by atoms with E-state index in [1.807, 2.05) is 6.92 Å². The molecule has 2 rings (SSSR count). The molecule has 6 heteroatoms. The maximum absolute atomic E-state index is 12.1. The van der Waals surface area contributed by atoms with Gasteiger partial charge in [0.2, 0.25) is 0 Å². The summed E-state index contributed by atoms with van der Waals surface area (Å²) in [5, 5.41) is 6.05. The first-order valence-electron chi connectivity index (χ1n) is 6.91. The summed E-state index contributed by atoms with van der Waals surface area (Å²) < 4.78 is 0. The lowest BCUT2D eigenvalue weighted by Crippen LogP contribution is -2.24. The van der Waals surface area contributed by atoms with Gasteiger partial charge in [-0.05, 0) is 42.8 Å². The number of anilines is 1. The summed E-state index contributed by atoms with van der Waals surface area (Å²) >= 11 is 5.79. The van der Waals surface area contributed by atoms with Crippen LogP contribution >= 0.6 is 11.6 Å². The van der Waals surface area contributed by atoms with Crippen molar-refractivity contribution >= 4 is 29.1 Å². The molecule has 0 bridgehead atoms. The average molecular weight is 318 g/mol. The monoisotopic (exact) mass is 317 g/mol. The van der Waals surface area contributed by atoms with Crippen molar-refractivity contribution in [2.75, 3.05) is 11.9 Å². The maximum Gasteiger partial charge on any atom is 0.274 e. The minimum Gasteiger partial charge on any atom is -0.352 e. The minimum absolute atomic E-state index is 0.180. The van der Waals surface area contributed by atoms with Gasteiger partial charge in [-0.2, -0.15) is 0 Å². The summed E-state index contributed by atoms with van der Waals surface area (Å²) in [6.07, 6.45) is 2.29. The number of amides is 2. The first-order valence-corrected chi connectivity index (χ1v) is 7.29. The van der Waals surface area contributed by atoms with Crippen molar-refractivity contribution in [1.82, 2.24) is 10.3 Å². The summed E-state index contributed by atoms with van der Waals surface area (Å²) in [6.45, 7) is 2.56. The van der Waals surface area contributed by atoms with E-state index < -0.39 is 0 Å². The van der Waals surface area contributed by atoms with Gasteiger partial charge in [-0.1, -0.05) is 18.5 Å². The Morgan fingerprint density at radius 1 is 1.14 bits per heavy atom. The van der Waals surface area contributed by atoms with E-state index in [-0.39, 0.29) is 17.5 Å². The van der Waals surface area contributed by atoms with Gasteiger partial charge < -0.3 is 10.6 Å². The number of benzene rings is 1. The summed E-state index contributed by atoms with van der Waals surface area (Å²) in [5.74, 6) is -0.600. The lowest BCUT2D eigenvalue weighted by molar-refractivity contribution is 0.0953. The van der Waals surface area contributed by atoms with Crippen LogP contribution in [0.2, 0.25) is 5.02 Å². The topological polar surface area (TPSA) is 71.1 Å². The van der Waals surface area contributed by atoms with Crippen LogP contribution in [0.1, 0.15) is 34.2 Å². The van der Waals surface area contributed by atoms with Crippen LogP contribution < -0.4 is 10.6 Å². The average Bonchev–Trinajstić information content (AvgIpc) is 2.54. The van der Waals surface area contributed by atoms with E-state index in [0.717, 1.165) is 6.42 Å². The van der Waals surface area contributed by atoms with Crippen molar-refractivity contribution in [1.29, 1.82) is 0 Å². The SMILES string of the molecule is CCCNC(=O)c1ccnc(C(=O)Nc2ccc(Cl)cc2)c1. The lowest BCUT2D eigenvalue weighted by atomic mass is 10.2. The molecule has 0 radical (unpaired) electrons. The van der Waals surface area contributed by atoms with Gasteiger partial charge in [0.05, 0.1) is 0 Å². The zero-order valence-electron chi connectivity index (χ0n) is 12.1. The summed E-state index contributed by atoms with van der Waals surface area (Å²) in [7, 11) is 0. The molecule has 0 aliphatic carbocycles. The van der Waals surface area contributed by atoms with E-state index in [0.29, 0.717) is 22.8 Å². The molecule has 1 aromatic carbocycles. The van der Waals surface area contributed by atoms with Gasteiger partial charge in [0.25, 0.3) is 11.8 Å². The number of aromatic nitrogens is 1. The summed E-state index contributed by atoms with van der Waals surface area (Å²) in [5.41, 5.74) is 1.20.